The Bertz CT molecular complexity index is 787. The number of rotatable bonds is 4. The van der Waals surface area contributed by atoms with Gasteiger partial charge in [-0.05, 0) is 42.8 Å². The molecular weight excluding hydrogens is 328 g/mol. The van der Waals surface area contributed by atoms with Crippen LogP contribution in [-0.4, -0.2) is 13.4 Å². The molecule has 21 heavy (non-hydrogen) atoms. The van der Waals surface area contributed by atoms with Gasteiger partial charge in [0.2, 0.25) is 0 Å². The Hall–Kier alpha value is -1.63. The Kier molecular flexibility index (Phi) is 4.51. The van der Waals surface area contributed by atoms with Crippen LogP contribution in [0, 0.1) is 6.92 Å². The van der Waals surface area contributed by atoms with Gasteiger partial charge in [-0.25, -0.2) is 8.42 Å². The third-order valence-corrected chi connectivity index (χ3v) is 4.87. The number of nitrogens with one attached hydrogen (secondary N) is 1. The summed E-state index contributed by atoms with van der Waals surface area (Å²) in [6, 6.07) is 11.2. The zero-order chi connectivity index (χ0) is 15.6. The molecule has 3 N–H and O–H groups in total. The fourth-order valence-corrected chi connectivity index (χ4v) is 3.35. The van der Waals surface area contributed by atoms with Crippen molar-refractivity contribution in [3.05, 3.63) is 58.6 Å². The molecule has 0 aromatic heterocycles. The van der Waals surface area contributed by atoms with E-state index >= 15 is 0 Å². The van der Waals surface area contributed by atoms with E-state index < -0.39 is 10.0 Å². The quantitative estimate of drug-likeness (QED) is 0.839. The fraction of sp³-hybridized carbons (Fsp3) is 0.0714. The van der Waals surface area contributed by atoms with Gasteiger partial charge < -0.3 is 5.73 Å². The Morgan fingerprint density at radius 3 is 2.38 bits per heavy atom. The van der Waals surface area contributed by atoms with E-state index in [4.69, 9.17) is 29.6 Å². The summed E-state index contributed by atoms with van der Waals surface area (Å²) < 4.78 is 27.4. The third-order valence-electron chi connectivity index (χ3n) is 2.86. The minimum Gasteiger partial charge on any atom is -0.389 e. The normalized spacial score (nSPS) is 11.1. The number of anilines is 1. The summed E-state index contributed by atoms with van der Waals surface area (Å²) in [6.07, 6.45) is 0. The molecule has 7 heteroatoms. The first-order chi connectivity index (χ1) is 9.79. The molecule has 0 bridgehead atoms. The molecule has 0 spiro atoms. The summed E-state index contributed by atoms with van der Waals surface area (Å²) in [5.41, 5.74) is 7.09. The van der Waals surface area contributed by atoms with Crippen LogP contribution in [0.25, 0.3) is 0 Å². The van der Waals surface area contributed by atoms with E-state index in [-0.39, 0.29) is 9.88 Å². The predicted octanol–water partition coefficient (Wildman–Crippen LogP) is 3.08. The molecule has 0 aliphatic carbocycles. The van der Waals surface area contributed by atoms with Gasteiger partial charge in [0.25, 0.3) is 10.0 Å². The summed E-state index contributed by atoms with van der Waals surface area (Å²) >= 11 is 10.7. The first kappa shape index (κ1) is 15.8. The lowest BCUT2D eigenvalue weighted by atomic mass is 10.1. The fourth-order valence-electron chi connectivity index (χ4n) is 1.77. The van der Waals surface area contributed by atoms with Gasteiger partial charge in [0.05, 0.1) is 4.90 Å². The monoisotopic (exact) mass is 340 g/mol. The van der Waals surface area contributed by atoms with Gasteiger partial charge in [-0.1, -0.05) is 36.0 Å². The largest absolute Gasteiger partial charge is 0.389 e. The maximum absolute atomic E-state index is 12.5. The highest BCUT2D eigenvalue weighted by atomic mass is 35.5. The van der Waals surface area contributed by atoms with Gasteiger partial charge in [0.1, 0.15) is 4.99 Å². The zero-order valence-corrected chi connectivity index (χ0v) is 13.5. The molecule has 2 aromatic rings. The molecule has 0 fully saturated rings. The van der Waals surface area contributed by atoms with Crippen molar-refractivity contribution in [1.82, 2.24) is 0 Å². The van der Waals surface area contributed by atoms with Crippen LogP contribution in [0.5, 0.6) is 0 Å². The molecule has 0 radical (unpaired) electrons. The molecule has 0 unspecified atom stereocenters. The first-order valence-corrected chi connectivity index (χ1v) is 8.25. The maximum atomic E-state index is 12.5. The Morgan fingerprint density at radius 1 is 1.19 bits per heavy atom. The van der Waals surface area contributed by atoms with Gasteiger partial charge in [0, 0.05) is 16.3 Å². The minimum absolute atomic E-state index is 0.141. The first-order valence-electron chi connectivity index (χ1n) is 5.98. The van der Waals surface area contributed by atoms with Gasteiger partial charge in [-0.2, -0.15) is 0 Å². The number of hydrogen-bond donors (Lipinski definition) is 2. The van der Waals surface area contributed by atoms with E-state index in [1.54, 1.807) is 43.3 Å². The van der Waals surface area contributed by atoms with E-state index in [9.17, 15) is 8.42 Å². The van der Waals surface area contributed by atoms with Crippen molar-refractivity contribution in [1.29, 1.82) is 0 Å². The average molecular weight is 341 g/mol. The lowest BCUT2D eigenvalue weighted by molar-refractivity contribution is 0.600. The van der Waals surface area contributed by atoms with Crippen molar-refractivity contribution < 1.29 is 8.42 Å². The summed E-state index contributed by atoms with van der Waals surface area (Å²) in [6.45, 7) is 1.71. The Balaban J connectivity index is 2.41. The van der Waals surface area contributed by atoms with Gasteiger partial charge in [0.15, 0.2) is 0 Å². The smallest absolute Gasteiger partial charge is 0.262 e. The van der Waals surface area contributed by atoms with Gasteiger partial charge in [-0.3, -0.25) is 4.72 Å². The zero-order valence-electron chi connectivity index (χ0n) is 11.1. The van der Waals surface area contributed by atoms with Crippen LogP contribution in [0.3, 0.4) is 0 Å². The van der Waals surface area contributed by atoms with Crippen molar-refractivity contribution in [3.8, 4) is 0 Å². The second-order valence-electron chi connectivity index (χ2n) is 4.46. The van der Waals surface area contributed by atoms with Crippen LogP contribution in [0.15, 0.2) is 47.4 Å². The number of thiocarbonyl (C=S) groups is 1. The number of halogens is 1. The highest BCUT2D eigenvalue weighted by Gasteiger charge is 2.18. The molecular formula is C14H13ClN2O2S2. The van der Waals surface area contributed by atoms with Gasteiger partial charge in [-0.15, -0.1) is 0 Å². The molecule has 2 rings (SSSR count). The maximum Gasteiger partial charge on any atom is 0.262 e. The van der Waals surface area contributed by atoms with Crippen molar-refractivity contribution in [2.75, 3.05) is 4.72 Å². The summed E-state index contributed by atoms with van der Waals surface area (Å²) in [5.74, 6) is 0. The molecule has 4 nitrogen and oxygen atoms in total. The van der Waals surface area contributed by atoms with Crippen LogP contribution >= 0.6 is 23.8 Å². The molecule has 0 atom stereocenters. The highest BCUT2D eigenvalue weighted by Crippen LogP contribution is 2.22. The third kappa shape index (κ3) is 3.72. The Morgan fingerprint density at radius 2 is 1.81 bits per heavy atom. The van der Waals surface area contributed by atoms with Crippen LogP contribution in [0.1, 0.15) is 11.1 Å². The van der Waals surface area contributed by atoms with Crippen molar-refractivity contribution >= 4 is 44.5 Å². The van der Waals surface area contributed by atoms with Crippen molar-refractivity contribution in [2.24, 2.45) is 5.73 Å². The minimum atomic E-state index is -3.72. The molecule has 0 saturated heterocycles. The molecule has 0 saturated carbocycles. The van der Waals surface area contributed by atoms with Crippen LogP contribution in [0.2, 0.25) is 5.02 Å². The number of nitrogens with two attached hydrogens (primary N) is 1. The Labute approximate surface area is 134 Å². The average Bonchev–Trinajstić information content (AvgIpc) is 2.41. The predicted molar refractivity (Wildman–Crippen MR) is 89.3 cm³/mol. The van der Waals surface area contributed by atoms with E-state index in [1.807, 2.05) is 0 Å². The molecule has 0 amide bonds. The van der Waals surface area contributed by atoms with E-state index in [0.717, 1.165) is 0 Å². The van der Waals surface area contributed by atoms with E-state index in [2.05, 4.69) is 4.72 Å². The lowest BCUT2D eigenvalue weighted by Crippen LogP contribution is -2.16. The topological polar surface area (TPSA) is 72.2 Å². The number of benzene rings is 2. The summed E-state index contributed by atoms with van der Waals surface area (Å²) in [5, 5.41) is 0.532. The summed E-state index contributed by atoms with van der Waals surface area (Å²) in [7, 11) is -3.72. The SMILES string of the molecule is Cc1ccc(C(N)=S)cc1S(=O)(=O)Nc1ccc(Cl)cc1. The number of hydrogen-bond acceptors (Lipinski definition) is 3. The summed E-state index contributed by atoms with van der Waals surface area (Å²) in [4.78, 5) is 0.292. The molecule has 0 aliphatic heterocycles. The van der Waals surface area contributed by atoms with Crippen LogP contribution < -0.4 is 10.5 Å². The van der Waals surface area contributed by atoms with Crippen LogP contribution in [0.4, 0.5) is 5.69 Å². The van der Waals surface area contributed by atoms with Crippen molar-refractivity contribution in [2.45, 2.75) is 11.8 Å². The lowest BCUT2D eigenvalue weighted by Gasteiger charge is -2.11. The molecule has 0 heterocycles. The molecule has 2 aromatic carbocycles. The number of aryl methyl sites for hydroxylation is 1. The van der Waals surface area contributed by atoms with Gasteiger partial charge >= 0.3 is 0 Å². The second kappa shape index (κ2) is 6.01. The highest BCUT2D eigenvalue weighted by molar-refractivity contribution is 7.92. The number of sulfonamides is 1. The van der Waals surface area contributed by atoms with Crippen molar-refractivity contribution in [3.63, 3.8) is 0 Å². The standard InChI is InChI=1S/C14H13ClN2O2S2/c1-9-2-3-10(14(16)20)8-13(9)21(18,19)17-12-6-4-11(15)5-7-12/h2-8,17H,1H3,(H2,16,20). The van der Waals surface area contributed by atoms with E-state index in [0.29, 0.717) is 21.8 Å². The van der Waals surface area contributed by atoms with E-state index in [1.165, 1.54) is 6.07 Å². The molecule has 110 valence electrons. The van der Waals surface area contributed by atoms with Crippen LogP contribution in [-0.2, 0) is 10.0 Å². The second-order valence-corrected chi connectivity index (χ2v) is 6.98. The molecule has 0 aliphatic rings.